The van der Waals surface area contributed by atoms with E-state index in [0.29, 0.717) is 66.3 Å². The van der Waals surface area contributed by atoms with Crippen LogP contribution < -0.4 is 24.8 Å². The molecule has 1 fully saturated rings. The number of nitrogens with zero attached hydrogens (tertiary/aromatic N) is 2. The lowest BCUT2D eigenvalue weighted by Gasteiger charge is -2.20. The molecule has 1 unspecified atom stereocenters. The molecule has 3 aromatic carbocycles. The summed E-state index contributed by atoms with van der Waals surface area (Å²) < 4.78 is 19.2. The van der Waals surface area contributed by atoms with E-state index in [-0.39, 0.29) is 12.7 Å². The van der Waals surface area contributed by atoms with E-state index >= 15 is 0 Å². The molecule has 1 aromatic heterocycles. The topological polar surface area (TPSA) is 126 Å². The Morgan fingerprint density at radius 2 is 1.83 bits per heavy atom. The van der Waals surface area contributed by atoms with Gasteiger partial charge in [0.2, 0.25) is 0 Å². The number of halogens is 1. The molecule has 2 aliphatic rings. The molecule has 10 heteroatoms. The van der Waals surface area contributed by atoms with E-state index < -0.39 is 5.60 Å². The second-order valence-electron chi connectivity index (χ2n) is 14.8. The Morgan fingerprint density at radius 3 is 2.62 bits per heavy atom. The number of hydrogen-bond donors (Lipinski definition) is 3. The second-order valence-corrected chi connectivity index (χ2v) is 15.2. The number of aromatic nitrogens is 1. The number of Topliss-reactive ketones (excluding diaryl/α,β-unsaturated/α-hetero) is 1. The van der Waals surface area contributed by atoms with E-state index in [1.165, 1.54) is 17.3 Å². The number of hydrogen-bond acceptors (Lipinski definition) is 9. The summed E-state index contributed by atoms with van der Waals surface area (Å²) in [4.78, 5) is 16.0. The molecule has 0 aliphatic heterocycles. The van der Waals surface area contributed by atoms with Gasteiger partial charge in [0.25, 0.3) is 0 Å². The summed E-state index contributed by atoms with van der Waals surface area (Å²) in [6, 6.07) is 20.3. The summed E-state index contributed by atoms with van der Waals surface area (Å²) in [7, 11) is 0. The van der Waals surface area contributed by atoms with Crippen LogP contribution in [0.3, 0.4) is 0 Å². The summed E-state index contributed by atoms with van der Waals surface area (Å²) in [5.41, 5.74) is 7.22. The number of nitrogens with one attached hydrogen (secondary N) is 2. The molecule has 4 aromatic rings. The van der Waals surface area contributed by atoms with Crippen molar-refractivity contribution in [3.05, 3.63) is 105 Å². The molecule has 1 saturated carbocycles. The van der Waals surface area contributed by atoms with Crippen LogP contribution in [0.5, 0.6) is 17.2 Å². The van der Waals surface area contributed by atoms with Gasteiger partial charge >= 0.3 is 0 Å². The fraction of sp³-hybridized carbons (Fsp3) is 0.419. The Kier molecular flexibility index (Phi) is 12.7. The Balaban J connectivity index is 1.17. The smallest absolute Gasteiger partial charge is 0.142 e. The lowest BCUT2D eigenvalue weighted by molar-refractivity contribution is -0.117. The van der Waals surface area contributed by atoms with Gasteiger partial charge in [-0.25, -0.2) is 0 Å². The third-order valence-electron chi connectivity index (χ3n) is 9.90. The molecule has 278 valence electrons. The number of rotatable bonds is 17. The maximum atomic E-state index is 11.8. The van der Waals surface area contributed by atoms with Crippen molar-refractivity contribution in [2.75, 3.05) is 26.2 Å². The van der Waals surface area contributed by atoms with Gasteiger partial charge in [-0.3, -0.25) is 9.78 Å². The number of pyridine rings is 1. The highest BCUT2D eigenvalue weighted by molar-refractivity contribution is 6.32. The van der Waals surface area contributed by atoms with Crippen molar-refractivity contribution in [1.29, 1.82) is 5.26 Å². The van der Waals surface area contributed by atoms with Crippen LogP contribution in [0.25, 0.3) is 11.1 Å². The first kappa shape index (κ1) is 38.3. The predicted molar refractivity (Wildman–Crippen MR) is 206 cm³/mol. The quantitative estimate of drug-likeness (QED) is 0.0931. The minimum Gasteiger partial charge on any atom is -0.493 e. The summed E-state index contributed by atoms with van der Waals surface area (Å²) in [6.45, 7) is 9.07. The maximum Gasteiger partial charge on any atom is 0.142 e. The number of carbonyl (C=O) groups is 1. The van der Waals surface area contributed by atoms with Gasteiger partial charge in [0.05, 0.1) is 22.8 Å². The highest BCUT2D eigenvalue weighted by Gasteiger charge is 2.28. The third-order valence-corrected chi connectivity index (χ3v) is 10.2. The van der Waals surface area contributed by atoms with Crippen LogP contribution in [-0.2, 0) is 24.4 Å². The maximum absolute atomic E-state index is 11.8. The first-order valence-electron chi connectivity index (χ1n) is 18.5. The van der Waals surface area contributed by atoms with Crippen molar-refractivity contribution >= 4 is 17.4 Å². The van der Waals surface area contributed by atoms with Crippen LogP contribution in [0.1, 0.15) is 85.4 Å². The van der Waals surface area contributed by atoms with Crippen LogP contribution in [0.15, 0.2) is 67.0 Å². The van der Waals surface area contributed by atoms with Crippen molar-refractivity contribution in [2.45, 2.75) is 84.2 Å². The molecule has 0 radical (unpaired) electrons. The van der Waals surface area contributed by atoms with Crippen LogP contribution in [0, 0.1) is 24.2 Å². The second kappa shape index (κ2) is 17.6. The molecular weight excluding hydrogens is 688 g/mol. The van der Waals surface area contributed by atoms with Crippen LogP contribution in [0.2, 0.25) is 5.02 Å². The first-order chi connectivity index (χ1) is 25.6. The number of aliphatic hydroxyl groups is 1. The van der Waals surface area contributed by atoms with E-state index in [1.807, 2.05) is 24.3 Å². The average molecular weight is 737 g/mol. The average Bonchev–Trinajstić information content (AvgIpc) is 3.75. The molecular formula is C43H49ClN4O5. The SMILES string of the molecule is Cc1c(OCCCNCC(C)(C)O)cccc1-c1cccc2c1CC[C@@H]2Oc1cc(OCc2cncc(C#N)c2)c(CNCC2CCC(=O)C2)cc1Cl. The number of nitriles is 1. The normalized spacial score (nSPS) is 16.7. The van der Waals surface area contributed by atoms with Crippen LogP contribution in [-0.4, -0.2) is 47.7 Å². The molecule has 6 rings (SSSR count). The van der Waals surface area contributed by atoms with Crippen LogP contribution >= 0.6 is 11.6 Å². The van der Waals surface area contributed by atoms with E-state index in [9.17, 15) is 15.2 Å². The molecule has 0 bridgehead atoms. The number of benzene rings is 3. The van der Waals surface area contributed by atoms with Gasteiger partial charge in [-0.15, -0.1) is 0 Å². The highest BCUT2D eigenvalue weighted by Crippen LogP contribution is 2.44. The summed E-state index contributed by atoms with van der Waals surface area (Å²) >= 11 is 6.92. The van der Waals surface area contributed by atoms with Crippen molar-refractivity contribution in [1.82, 2.24) is 15.6 Å². The molecule has 2 atom stereocenters. The number of fused-ring (bicyclic) bond motifs is 1. The molecule has 1 heterocycles. The number of ketones is 1. The van der Waals surface area contributed by atoms with E-state index in [2.05, 4.69) is 52.9 Å². The van der Waals surface area contributed by atoms with Gasteiger partial charge in [0, 0.05) is 55.5 Å². The monoisotopic (exact) mass is 736 g/mol. The van der Waals surface area contributed by atoms with Crippen molar-refractivity contribution in [2.24, 2.45) is 5.92 Å². The molecule has 0 saturated heterocycles. The standard InChI is InChI=1S/C43H49ClN4O5/c1-28-34(7-5-10-39(28)51-16-6-15-46-27-43(2,3)50)35-8-4-9-37-36(35)13-14-40(37)53-42-20-41(52-26-31-17-30(21-45)23-47-24-31)32(19-38(42)44)25-48-22-29-11-12-33(49)18-29/h4-5,7-10,17,19-20,23-24,29,40,46,48,50H,6,11-16,18,22,25-27H2,1-3H3/t29?,40-/m0/s1. The van der Waals surface area contributed by atoms with Crippen molar-refractivity contribution < 1.29 is 24.1 Å². The molecule has 2 aliphatic carbocycles. The number of ether oxygens (including phenoxy) is 3. The van der Waals surface area contributed by atoms with Gasteiger partial charge in [-0.2, -0.15) is 5.26 Å². The molecule has 53 heavy (non-hydrogen) atoms. The molecule has 0 spiro atoms. The lowest BCUT2D eigenvalue weighted by atomic mass is 9.93. The Bertz CT molecular complexity index is 1950. The Hall–Kier alpha value is -4.46. The molecule has 9 nitrogen and oxygen atoms in total. The molecule has 0 amide bonds. The van der Waals surface area contributed by atoms with Gasteiger partial charge < -0.3 is 30.0 Å². The lowest BCUT2D eigenvalue weighted by Crippen LogP contribution is -2.35. The minimum absolute atomic E-state index is 0.188. The predicted octanol–water partition coefficient (Wildman–Crippen LogP) is 7.82. The summed E-state index contributed by atoms with van der Waals surface area (Å²) in [5, 5.41) is 26.5. The van der Waals surface area contributed by atoms with E-state index in [0.717, 1.165) is 72.3 Å². The van der Waals surface area contributed by atoms with Gasteiger partial charge in [0.15, 0.2) is 0 Å². The third kappa shape index (κ3) is 10.2. The van der Waals surface area contributed by atoms with Gasteiger partial charge in [-0.05, 0) is 111 Å². The van der Waals surface area contributed by atoms with Gasteiger partial charge in [-0.1, -0.05) is 41.9 Å². The van der Waals surface area contributed by atoms with E-state index in [1.54, 1.807) is 26.1 Å². The number of carbonyl (C=O) groups excluding carboxylic acids is 1. The van der Waals surface area contributed by atoms with E-state index in [4.69, 9.17) is 25.8 Å². The van der Waals surface area contributed by atoms with Crippen LogP contribution in [0.4, 0.5) is 0 Å². The largest absolute Gasteiger partial charge is 0.493 e. The fourth-order valence-corrected chi connectivity index (χ4v) is 7.42. The highest BCUT2D eigenvalue weighted by atomic mass is 35.5. The molecule has 3 N–H and O–H groups in total. The zero-order valence-corrected chi connectivity index (χ0v) is 31.6. The zero-order chi connectivity index (χ0) is 37.4. The zero-order valence-electron chi connectivity index (χ0n) is 30.8. The Morgan fingerprint density at radius 1 is 1.00 bits per heavy atom. The fourth-order valence-electron chi connectivity index (χ4n) is 7.18. The first-order valence-corrected chi connectivity index (χ1v) is 18.9. The summed E-state index contributed by atoms with van der Waals surface area (Å²) in [5.74, 6) is 2.72. The minimum atomic E-state index is -0.734. The van der Waals surface area contributed by atoms with Crippen molar-refractivity contribution in [3.8, 4) is 34.4 Å². The Labute approximate surface area is 317 Å². The summed E-state index contributed by atoms with van der Waals surface area (Å²) in [6.07, 6.45) is 7.73. The van der Waals surface area contributed by atoms with Gasteiger partial charge in [0.1, 0.15) is 41.8 Å². The van der Waals surface area contributed by atoms with Crippen molar-refractivity contribution in [3.63, 3.8) is 0 Å².